The van der Waals surface area contributed by atoms with Crippen LogP contribution in [0.3, 0.4) is 0 Å². The van der Waals surface area contributed by atoms with E-state index in [1.807, 2.05) is 30.3 Å². The fourth-order valence-electron chi connectivity index (χ4n) is 4.30. The Morgan fingerprint density at radius 1 is 0.865 bits per heavy atom. The molecule has 3 amide bonds. The zero-order valence-corrected chi connectivity index (χ0v) is 21.4. The summed E-state index contributed by atoms with van der Waals surface area (Å²) in [5.41, 5.74) is 11.9. The second kappa shape index (κ2) is 16.7. The fraction of sp³-hybridized carbons (Fsp3) is 0.615. The van der Waals surface area contributed by atoms with Gasteiger partial charge in [-0.2, -0.15) is 0 Å². The number of amides is 3. The Morgan fingerprint density at radius 3 is 2.03 bits per heavy atom. The first-order valence-electron chi connectivity index (χ1n) is 13.2. The molecule has 11 heteroatoms. The van der Waals surface area contributed by atoms with Gasteiger partial charge in [0.25, 0.3) is 0 Å². The van der Waals surface area contributed by atoms with Crippen molar-refractivity contribution in [2.24, 2.45) is 11.5 Å². The minimum absolute atomic E-state index is 0.168. The monoisotopic (exact) mass is 518 g/mol. The van der Waals surface area contributed by atoms with Crippen molar-refractivity contribution < 1.29 is 24.3 Å². The summed E-state index contributed by atoms with van der Waals surface area (Å²) in [7, 11) is 0. The summed E-state index contributed by atoms with van der Waals surface area (Å²) in [6.45, 7) is 1.64. The van der Waals surface area contributed by atoms with Gasteiger partial charge in [0.1, 0.15) is 18.1 Å². The number of hydrogen-bond acceptors (Lipinski definition) is 7. The Balaban J connectivity index is 2.16. The van der Waals surface area contributed by atoms with Crippen LogP contribution in [0.25, 0.3) is 0 Å². The number of carboxylic acids is 1. The fourth-order valence-corrected chi connectivity index (χ4v) is 4.30. The molecule has 0 aliphatic carbocycles. The third-order valence-electron chi connectivity index (χ3n) is 6.43. The molecule has 1 fully saturated rings. The van der Waals surface area contributed by atoms with E-state index in [4.69, 9.17) is 11.5 Å². The number of nitrogens with one attached hydrogen (secondary N) is 4. The molecule has 0 saturated carbocycles. The van der Waals surface area contributed by atoms with Crippen LogP contribution in [-0.2, 0) is 25.6 Å². The number of carbonyl (C=O) groups is 4. The standard InChI is InChI=1S/C26H42N6O5/c27-14-6-4-11-20(30-23(33)19-13-8-16-29-19)24(34)32-22(17-18-9-2-1-3-10-18)25(35)31-21(26(36)37)12-5-7-15-28/h1-3,9-10,19-22,29H,4-8,11-17,27-28H2,(H,30,33)(H,31,35)(H,32,34)(H,36,37). The van der Waals surface area contributed by atoms with Gasteiger partial charge in [0.2, 0.25) is 17.7 Å². The number of carbonyl (C=O) groups excluding carboxylic acids is 3. The molecular formula is C26H42N6O5. The lowest BCUT2D eigenvalue weighted by Gasteiger charge is -2.25. The van der Waals surface area contributed by atoms with E-state index in [0.29, 0.717) is 51.6 Å². The van der Waals surface area contributed by atoms with E-state index in [-0.39, 0.29) is 24.8 Å². The molecule has 0 radical (unpaired) electrons. The van der Waals surface area contributed by atoms with E-state index in [2.05, 4.69) is 21.3 Å². The van der Waals surface area contributed by atoms with Crippen LogP contribution in [0.5, 0.6) is 0 Å². The highest BCUT2D eigenvalue weighted by molar-refractivity contribution is 5.94. The molecule has 11 nitrogen and oxygen atoms in total. The molecule has 0 bridgehead atoms. The number of unbranched alkanes of at least 4 members (excludes halogenated alkanes) is 2. The Bertz CT molecular complexity index is 862. The Hall–Kier alpha value is -3.02. The summed E-state index contributed by atoms with van der Waals surface area (Å²) in [6, 6.07) is 5.84. The quantitative estimate of drug-likeness (QED) is 0.138. The molecule has 9 N–H and O–H groups in total. The lowest BCUT2D eigenvalue weighted by atomic mass is 10.0. The number of carboxylic acid groups (broad SMARTS) is 1. The van der Waals surface area contributed by atoms with E-state index in [1.54, 1.807) is 0 Å². The predicted molar refractivity (Wildman–Crippen MR) is 140 cm³/mol. The zero-order chi connectivity index (χ0) is 27.0. The Kier molecular flexibility index (Phi) is 13.6. The molecule has 206 valence electrons. The topological polar surface area (TPSA) is 189 Å². The van der Waals surface area contributed by atoms with E-state index < -0.39 is 35.9 Å². The van der Waals surface area contributed by atoms with E-state index >= 15 is 0 Å². The van der Waals surface area contributed by atoms with Crippen molar-refractivity contribution in [3.63, 3.8) is 0 Å². The average molecular weight is 519 g/mol. The van der Waals surface area contributed by atoms with Crippen LogP contribution in [-0.4, -0.2) is 72.6 Å². The predicted octanol–water partition coefficient (Wildman–Crippen LogP) is -0.222. The molecule has 4 unspecified atom stereocenters. The van der Waals surface area contributed by atoms with Gasteiger partial charge < -0.3 is 37.8 Å². The van der Waals surface area contributed by atoms with Crippen molar-refractivity contribution in [1.82, 2.24) is 21.3 Å². The zero-order valence-electron chi connectivity index (χ0n) is 21.4. The summed E-state index contributed by atoms with van der Waals surface area (Å²) in [5.74, 6) is -2.48. The molecule has 0 aromatic heterocycles. The highest BCUT2D eigenvalue weighted by atomic mass is 16.4. The van der Waals surface area contributed by atoms with Gasteiger partial charge in [0.15, 0.2) is 0 Å². The van der Waals surface area contributed by atoms with Crippen molar-refractivity contribution in [2.45, 2.75) is 82.0 Å². The first kappa shape index (κ1) is 30.2. The summed E-state index contributed by atoms with van der Waals surface area (Å²) >= 11 is 0. The Labute approximate surface area is 218 Å². The van der Waals surface area contributed by atoms with Gasteiger partial charge in [-0.15, -0.1) is 0 Å². The summed E-state index contributed by atoms with van der Waals surface area (Å²) in [6.07, 6.45) is 4.87. The Morgan fingerprint density at radius 2 is 1.46 bits per heavy atom. The summed E-state index contributed by atoms with van der Waals surface area (Å²) < 4.78 is 0. The lowest BCUT2D eigenvalue weighted by molar-refractivity contribution is -0.142. The van der Waals surface area contributed by atoms with Gasteiger partial charge in [0, 0.05) is 6.42 Å². The summed E-state index contributed by atoms with van der Waals surface area (Å²) in [4.78, 5) is 51.0. The maximum atomic E-state index is 13.3. The molecule has 37 heavy (non-hydrogen) atoms. The first-order chi connectivity index (χ1) is 17.8. The van der Waals surface area contributed by atoms with Crippen LogP contribution < -0.4 is 32.7 Å². The summed E-state index contributed by atoms with van der Waals surface area (Å²) in [5, 5.41) is 20.9. The normalized spacial score (nSPS) is 17.4. The number of aliphatic carboxylic acids is 1. The van der Waals surface area contributed by atoms with Crippen molar-refractivity contribution in [2.75, 3.05) is 19.6 Å². The van der Waals surface area contributed by atoms with Crippen molar-refractivity contribution in [3.05, 3.63) is 35.9 Å². The van der Waals surface area contributed by atoms with Gasteiger partial charge in [-0.05, 0) is 76.6 Å². The van der Waals surface area contributed by atoms with Crippen molar-refractivity contribution in [3.8, 4) is 0 Å². The molecule has 1 heterocycles. The third-order valence-corrected chi connectivity index (χ3v) is 6.43. The SMILES string of the molecule is NCCCCC(NC(=O)C(Cc1ccccc1)NC(=O)C(CCCCN)NC(=O)C1CCCN1)C(=O)O. The minimum atomic E-state index is -1.15. The molecule has 1 aliphatic rings. The van der Waals surface area contributed by atoms with Crippen molar-refractivity contribution >= 4 is 23.7 Å². The lowest BCUT2D eigenvalue weighted by Crippen LogP contribution is -2.57. The molecule has 1 aliphatic heterocycles. The van der Waals surface area contributed by atoms with Gasteiger partial charge in [-0.25, -0.2) is 4.79 Å². The molecule has 4 atom stereocenters. The van der Waals surface area contributed by atoms with Gasteiger partial charge in [-0.1, -0.05) is 30.3 Å². The largest absolute Gasteiger partial charge is 0.480 e. The van der Waals surface area contributed by atoms with Crippen LogP contribution in [0, 0.1) is 0 Å². The maximum absolute atomic E-state index is 13.3. The number of hydrogen-bond donors (Lipinski definition) is 7. The number of rotatable bonds is 17. The number of nitrogens with two attached hydrogens (primary N) is 2. The first-order valence-corrected chi connectivity index (χ1v) is 13.2. The highest BCUT2D eigenvalue weighted by Gasteiger charge is 2.31. The van der Waals surface area contributed by atoms with Crippen LogP contribution in [0.2, 0.25) is 0 Å². The van der Waals surface area contributed by atoms with Crippen LogP contribution in [0.4, 0.5) is 0 Å². The molecule has 2 rings (SSSR count). The van der Waals surface area contributed by atoms with Crippen molar-refractivity contribution in [1.29, 1.82) is 0 Å². The molecular weight excluding hydrogens is 476 g/mol. The van der Waals surface area contributed by atoms with E-state index in [1.165, 1.54) is 0 Å². The molecule has 1 aromatic carbocycles. The number of benzene rings is 1. The van der Waals surface area contributed by atoms with Gasteiger partial charge >= 0.3 is 5.97 Å². The second-order valence-electron chi connectivity index (χ2n) is 9.43. The minimum Gasteiger partial charge on any atom is -0.480 e. The highest BCUT2D eigenvalue weighted by Crippen LogP contribution is 2.10. The second-order valence-corrected chi connectivity index (χ2v) is 9.43. The molecule has 1 aromatic rings. The van der Waals surface area contributed by atoms with E-state index in [0.717, 1.165) is 18.5 Å². The van der Waals surface area contributed by atoms with Crippen LogP contribution in [0.15, 0.2) is 30.3 Å². The van der Waals surface area contributed by atoms with Gasteiger partial charge in [0.05, 0.1) is 6.04 Å². The molecule has 1 saturated heterocycles. The van der Waals surface area contributed by atoms with Gasteiger partial charge in [-0.3, -0.25) is 14.4 Å². The maximum Gasteiger partial charge on any atom is 0.326 e. The van der Waals surface area contributed by atoms with E-state index in [9.17, 15) is 24.3 Å². The van der Waals surface area contributed by atoms with Crippen LogP contribution >= 0.6 is 0 Å². The smallest absolute Gasteiger partial charge is 0.326 e. The molecule has 0 spiro atoms. The van der Waals surface area contributed by atoms with Crippen LogP contribution in [0.1, 0.15) is 56.9 Å². The third kappa shape index (κ3) is 10.9. The average Bonchev–Trinajstić information content (AvgIpc) is 3.43.